The highest BCUT2D eigenvalue weighted by Crippen LogP contribution is 2.65. The molecule has 0 aromatic carbocycles. The molecule has 0 radical (unpaired) electrons. The number of aliphatic hydroxyl groups excluding tert-OH is 1. The van der Waals surface area contributed by atoms with Crippen molar-refractivity contribution in [2.75, 3.05) is 0 Å². The Labute approximate surface area is 167 Å². The average Bonchev–Trinajstić information content (AvgIpc) is 3.01. The summed E-state index contributed by atoms with van der Waals surface area (Å²) in [4.78, 5) is 23.1. The summed E-state index contributed by atoms with van der Waals surface area (Å²) in [5.41, 5.74) is 4.42. The third-order valence-electron chi connectivity index (χ3n) is 8.37. The van der Waals surface area contributed by atoms with Gasteiger partial charge in [-0.1, -0.05) is 32.4 Å². The van der Waals surface area contributed by atoms with Crippen molar-refractivity contribution in [2.24, 2.45) is 39.6 Å². The third-order valence-corrected chi connectivity index (χ3v) is 8.37. The number of hydrogen-bond acceptors (Lipinski definition) is 4. The van der Waals surface area contributed by atoms with Crippen LogP contribution in [0, 0.1) is 34.5 Å². The highest BCUT2D eigenvalue weighted by Gasteiger charge is 2.61. The van der Waals surface area contributed by atoms with E-state index in [4.69, 9.17) is 0 Å². The molecule has 28 heavy (non-hydrogen) atoms. The predicted molar refractivity (Wildman–Crippen MR) is 108 cm³/mol. The Morgan fingerprint density at radius 1 is 1.36 bits per heavy atom. The first-order valence-corrected chi connectivity index (χ1v) is 10.7. The van der Waals surface area contributed by atoms with E-state index in [1.54, 1.807) is 6.92 Å². The summed E-state index contributed by atoms with van der Waals surface area (Å²) in [6.45, 7) is 6.28. The Balaban J connectivity index is 1.62. The van der Waals surface area contributed by atoms with Crippen LogP contribution in [0.1, 0.15) is 59.3 Å². The van der Waals surface area contributed by atoms with Gasteiger partial charge in [0.05, 0.1) is 11.8 Å². The van der Waals surface area contributed by atoms with E-state index in [0.717, 1.165) is 37.7 Å². The fourth-order valence-electron chi connectivity index (χ4n) is 6.87. The highest BCUT2D eigenvalue weighted by atomic mass is 16.3. The van der Waals surface area contributed by atoms with Crippen LogP contribution in [0.15, 0.2) is 28.9 Å². The summed E-state index contributed by atoms with van der Waals surface area (Å²) in [5.74, 6) is 1.13. The molecule has 4 aliphatic rings. The van der Waals surface area contributed by atoms with E-state index >= 15 is 0 Å². The molecule has 5 nitrogen and oxygen atoms in total. The number of nitrogens with zero attached hydrogens (tertiary/aromatic N) is 1. The third kappa shape index (κ3) is 2.81. The first kappa shape index (κ1) is 19.6. The number of rotatable bonds is 3. The van der Waals surface area contributed by atoms with Crippen molar-refractivity contribution >= 4 is 17.9 Å². The van der Waals surface area contributed by atoms with Crippen LogP contribution in [0.5, 0.6) is 0 Å². The number of hydrazone groups is 1. The Bertz CT molecular complexity index is 770. The van der Waals surface area contributed by atoms with Crippen molar-refractivity contribution < 1.29 is 14.7 Å². The smallest absolute Gasteiger partial charge is 0.239 e. The van der Waals surface area contributed by atoms with E-state index in [9.17, 15) is 14.7 Å². The highest BCUT2D eigenvalue weighted by molar-refractivity contribution is 6.06. The fraction of sp³-hybridized carbons (Fsp3) is 0.696. The van der Waals surface area contributed by atoms with Gasteiger partial charge in [-0.05, 0) is 61.5 Å². The summed E-state index contributed by atoms with van der Waals surface area (Å²) in [5, 5.41) is 15.5. The average molecular weight is 385 g/mol. The first-order chi connectivity index (χ1) is 13.3. The zero-order valence-corrected chi connectivity index (χ0v) is 17.1. The molecule has 0 spiro atoms. The van der Waals surface area contributed by atoms with Crippen LogP contribution in [0.4, 0.5) is 0 Å². The van der Waals surface area contributed by atoms with E-state index in [1.807, 2.05) is 6.08 Å². The summed E-state index contributed by atoms with van der Waals surface area (Å²) < 4.78 is 0. The SMILES string of the molecule is CCC(=O)NN=C1C=CC2(C)C(=C1)CC[C@@H]1C2C(O)CC2(C)C(C=O)CCC12. The van der Waals surface area contributed by atoms with Gasteiger partial charge in [-0.3, -0.25) is 4.79 Å². The quantitative estimate of drug-likeness (QED) is 0.578. The van der Waals surface area contributed by atoms with Crippen molar-refractivity contribution in [2.45, 2.75) is 65.4 Å². The maximum Gasteiger partial charge on any atom is 0.239 e. The van der Waals surface area contributed by atoms with Gasteiger partial charge in [0.2, 0.25) is 5.91 Å². The van der Waals surface area contributed by atoms with Crippen molar-refractivity contribution in [3.8, 4) is 0 Å². The minimum atomic E-state index is -0.400. The van der Waals surface area contributed by atoms with Gasteiger partial charge < -0.3 is 9.90 Å². The Hall–Kier alpha value is -1.75. The maximum absolute atomic E-state index is 11.6. The fourth-order valence-corrected chi connectivity index (χ4v) is 6.87. The summed E-state index contributed by atoms with van der Waals surface area (Å²) >= 11 is 0. The lowest BCUT2D eigenvalue weighted by atomic mass is 9.47. The second-order valence-electron chi connectivity index (χ2n) is 9.64. The molecule has 4 rings (SSSR count). The van der Waals surface area contributed by atoms with Gasteiger partial charge in [0.15, 0.2) is 0 Å². The van der Waals surface area contributed by atoms with E-state index < -0.39 is 6.10 Å². The largest absolute Gasteiger partial charge is 0.393 e. The number of carbonyl (C=O) groups is 2. The van der Waals surface area contributed by atoms with E-state index in [0.29, 0.717) is 24.7 Å². The summed E-state index contributed by atoms with van der Waals surface area (Å²) in [6.07, 6.45) is 12.2. The van der Waals surface area contributed by atoms with Crippen molar-refractivity contribution in [3.63, 3.8) is 0 Å². The standard InChI is InChI=1S/C23H32N2O3/c1-4-20(28)25-24-16-9-10-22(2)14(11-16)5-7-17-18-8-6-15(13-26)23(18,3)12-19(27)21(17)22/h9-11,13,15,17-19,21,27H,4-8,12H2,1-3H3,(H,25,28)/t15?,17-,18?,19?,21?,22?,23?/m0/s1. The molecule has 152 valence electrons. The van der Waals surface area contributed by atoms with Crippen LogP contribution < -0.4 is 5.43 Å². The van der Waals surface area contributed by atoms with E-state index in [1.165, 1.54) is 5.57 Å². The summed E-state index contributed by atoms with van der Waals surface area (Å²) in [6, 6.07) is 0. The molecule has 3 saturated carbocycles. The number of aldehydes is 1. The minimum absolute atomic E-state index is 0.0602. The molecule has 1 amide bonds. The first-order valence-electron chi connectivity index (χ1n) is 10.7. The van der Waals surface area contributed by atoms with Crippen molar-refractivity contribution in [1.82, 2.24) is 5.43 Å². The lowest BCUT2D eigenvalue weighted by Gasteiger charge is -2.58. The zero-order chi connectivity index (χ0) is 20.1. The molecule has 7 atom stereocenters. The normalized spacial score (nSPS) is 45.6. The number of aliphatic hydroxyl groups is 1. The van der Waals surface area contributed by atoms with Gasteiger partial charge in [-0.2, -0.15) is 5.10 Å². The number of nitrogens with one attached hydrogen (secondary N) is 1. The van der Waals surface area contributed by atoms with Gasteiger partial charge in [0.1, 0.15) is 6.29 Å². The lowest BCUT2D eigenvalue weighted by Crippen LogP contribution is -2.56. The molecule has 0 aromatic rings. The zero-order valence-electron chi connectivity index (χ0n) is 17.1. The Morgan fingerprint density at radius 3 is 2.86 bits per heavy atom. The molecule has 0 saturated heterocycles. The maximum atomic E-state index is 11.6. The molecule has 4 aliphatic carbocycles. The van der Waals surface area contributed by atoms with Gasteiger partial charge >= 0.3 is 0 Å². The van der Waals surface area contributed by atoms with Crippen LogP contribution in [0.2, 0.25) is 0 Å². The second kappa shape index (κ2) is 6.94. The van der Waals surface area contributed by atoms with Crippen molar-refractivity contribution in [3.05, 3.63) is 23.8 Å². The second-order valence-corrected chi connectivity index (χ2v) is 9.64. The molecular weight excluding hydrogens is 352 g/mol. The monoisotopic (exact) mass is 384 g/mol. The van der Waals surface area contributed by atoms with Crippen LogP contribution in [-0.4, -0.2) is 29.1 Å². The Morgan fingerprint density at radius 2 is 2.14 bits per heavy atom. The molecular formula is C23H32N2O3. The molecule has 0 aliphatic heterocycles. The minimum Gasteiger partial charge on any atom is -0.393 e. The topological polar surface area (TPSA) is 78.8 Å². The number of hydrogen-bond donors (Lipinski definition) is 2. The van der Waals surface area contributed by atoms with Gasteiger partial charge in [0.25, 0.3) is 0 Å². The molecule has 0 bridgehead atoms. The van der Waals surface area contributed by atoms with Crippen LogP contribution in [0.25, 0.3) is 0 Å². The molecule has 0 heterocycles. The van der Waals surface area contributed by atoms with E-state index in [-0.39, 0.29) is 28.6 Å². The van der Waals surface area contributed by atoms with Gasteiger partial charge in [-0.15, -0.1) is 0 Å². The number of amides is 1. The predicted octanol–water partition coefficient (Wildman–Crippen LogP) is 3.39. The van der Waals surface area contributed by atoms with Crippen LogP contribution in [0.3, 0.4) is 0 Å². The van der Waals surface area contributed by atoms with Gasteiger partial charge in [-0.25, -0.2) is 5.43 Å². The number of carbonyl (C=O) groups excluding carboxylic acids is 2. The lowest BCUT2D eigenvalue weighted by molar-refractivity contribution is -0.129. The molecule has 0 aromatic heterocycles. The van der Waals surface area contributed by atoms with Crippen LogP contribution >= 0.6 is 0 Å². The number of fused-ring (bicyclic) bond motifs is 5. The number of allylic oxidation sites excluding steroid dienone is 4. The van der Waals surface area contributed by atoms with E-state index in [2.05, 4.69) is 36.5 Å². The summed E-state index contributed by atoms with van der Waals surface area (Å²) in [7, 11) is 0. The molecule has 5 heteroatoms. The molecule has 3 fully saturated rings. The Kier molecular flexibility index (Phi) is 4.85. The molecule has 6 unspecified atom stereocenters. The molecule has 2 N–H and O–H groups in total. The van der Waals surface area contributed by atoms with Gasteiger partial charge in [0, 0.05) is 23.7 Å². The van der Waals surface area contributed by atoms with Crippen LogP contribution in [-0.2, 0) is 9.59 Å². The van der Waals surface area contributed by atoms with Crippen molar-refractivity contribution in [1.29, 1.82) is 0 Å².